The second-order valence-electron chi connectivity index (χ2n) is 18.4. The lowest BCUT2D eigenvalue weighted by Gasteiger charge is -2.29. The monoisotopic (exact) mass is 852 g/mol. The van der Waals surface area contributed by atoms with Crippen molar-refractivity contribution in [2.24, 2.45) is 4.99 Å². The highest BCUT2D eigenvalue weighted by molar-refractivity contribution is 6.14. The number of amidine groups is 1. The molecular weight excluding hydrogens is 801 g/mol. The van der Waals surface area contributed by atoms with Gasteiger partial charge in [-0.2, -0.15) is 0 Å². The molecular formula is C62H52N4. The van der Waals surface area contributed by atoms with Crippen LogP contribution in [0.5, 0.6) is 0 Å². The van der Waals surface area contributed by atoms with Gasteiger partial charge >= 0.3 is 0 Å². The Balaban J connectivity index is 0.957. The van der Waals surface area contributed by atoms with Crippen LogP contribution in [0.25, 0.3) is 22.3 Å². The summed E-state index contributed by atoms with van der Waals surface area (Å²) >= 11 is 0. The van der Waals surface area contributed by atoms with Gasteiger partial charge in [0.15, 0.2) is 0 Å². The Hall–Kier alpha value is -7.95. The van der Waals surface area contributed by atoms with Crippen molar-refractivity contribution in [1.82, 2.24) is 0 Å². The summed E-state index contributed by atoms with van der Waals surface area (Å²) in [4.78, 5) is 11.9. The summed E-state index contributed by atoms with van der Waals surface area (Å²) < 4.78 is 0. The highest BCUT2D eigenvalue weighted by Crippen LogP contribution is 2.57. The third-order valence-electron chi connectivity index (χ3n) is 13.8. The van der Waals surface area contributed by atoms with Gasteiger partial charge in [0.25, 0.3) is 0 Å². The van der Waals surface area contributed by atoms with Gasteiger partial charge in [-0.25, -0.2) is 0 Å². The minimum atomic E-state index is -0.225. The van der Waals surface area contributed by atoms with Gasteiger partial charge in [-0.05, 0) is 166 Å². The van der Waals surface area contributed by atoms with Gasteiger partial charge in [-0.15, -0.1) is 0 Å². The third kappa shape index (κ3) is 6.80. The van der Waals surface area contributed by atoms with E-state index in [-0.39, 0.29) is 10.8 Å². The number of nitrogens with zero attached hydrogens (tertiary/aromatic N) is 4. The maximum atomic E-state index is 4.88. The predicted octanol–water partition coefficient (Wildman–Crippen LogP) is 16.5. The van der Waals surface area contributed by atoms with Crippen molar-refractivity contribution in [1.29, 1.82) is 0 Å². The Morgan fingerprint density at radius 2 is 0.621 bits per heavy atom. The normalized spacial score (nSPS) is 13.9. The molecule has 11 rings (SSSR count). The predicted molar refractivity (Wildman–Crippen MR) is 278 cm³/mol. The fourth-order valence-electron chi connectivity index (χ4n) is 10.5. The molecule has 0 saturated heterocycles. The first kappa shape index (κ1) is 40.8. The van der Waals surface area contributed by atoms with Crippen LogP contribution in [0.1, 0.15) is 55.5 Å². The van der Waals surface area contributed by atoms with Gasteiger partial charge in [0.1, 0.15) is 5.84 Å². The Bertz CT molecular complexity index is 3150. The Kier molecular flexibility index (Phi) is 10.0. The quantitative estimate of drug-likeness (QED) is 0.107. The Labute approximate surface area is 389 Å². The van der Waals surface area contributed by atoms with E-state index in [2.05, 4.69) is 267 Å². The molecule has 0 saturated carbocycles. The molecule has 0 atom stereocenters. The number of anilines is 8. The van der Waals surface area contributed by atoms with Crippen molar-refractivity contribution in [3.8, 4) is 22.3 Å². The van der Waals surface area contributed by atoms with Gasteiger partial charge in [-0.3, -0.25) is 9.89 Å². The minimum Gasteiger partial charge on any atom is -0.310 e. The molecule has 0 heterocycles. The Morgan fingerprint density at radius 1 is 0.318 bits per heavy atom. The van der Waals surface area contributed by atoms with Crippen molar-refractivity contribution in [3.63, 3.8) is 0 Å². The van der Waals surface area contributed by atoms with E-state index in [4.69, 9.17) is 4.99 Å². The molecule has 9 aromatic rings. The van der Waals surface area contributed by atoms with E-state index in [1.54, 1.807) is 0 Å². The number of hydrogen-bond acceptors (Lipinski definition) is 3. The second-order valence-corrected chi connectivity index (χ2v) is 18.4. The second kappa shape index (κ2) is 16.2. The molecule has 4 nitrogen and oxygen atoms in total. The number of para-hydroxylation sites is 5. The first-order valence-electron chi connectivity index (χ1n) is 22.9. The van der Waals surface area contributed by atoms with Crippen LogP contribution in [0.4, 0.5) is 45.5 Å². The van der Waals surface area contributed by atoms with Gasteiger partial charge in [0.05, 0.1) is 0 Å². The summed E-state index contributed by atoms with van der Waals surface area (Å²) in [6.07, 6.45) is 0. The summed E-state index contributed by atoms with van der Waals surface area (Å²) in [7, 11) is 1.87. The molecule has 0 radical (unpaired) electrons. The smallest absolute Gasteiger partial charge is 0.139 e. The zero-order valence-electron chi connectivity index (χ0n) is 38.2. The minimum absolute atomic E-state index is 0.195. The summed E-state index contributed by atoms with van der Waals surface area (Å²) in [6.45, 7) is 9.58. The highest BCUT2D eigenvalue weighted by atomic mass is 15.2. The van der Waals surface area contributed by atoms with Crippen molar-refractivity contribution < 1.29 is 0 Å². The Morgan fingerprint density at radius 3 is 0.970 bits per heavy atom. The lowest BCUT2D eigenvalue weighted by Crippen LogP contribution is -2.27. The van der Waals surface area contributed by atoms with Crippen LogP contribution < -0.4 is 14.7 Å². The zero-order valence-corrected chi connectivity index (χ0v) is 38.2. The number of rotatable bonds is 9. The maximum absolute atomic E-state index is 4.88. The van der Waals surface area contributed by atoms with Crippen LogP contribution in [0.2, 0.25) is 0 Å². The molecule has 0 aromatic heterocycles. The van der Waals surface area contributed by atoms with E-state index in [0.717, 1.165) is 56.9 Å². The van der Waals surface area contributed by atoms with E-state index in [1.807, 2.05) is 7.05 Å². The van der Waals surface area contributed by atoms with Crippen LogP contribution in [0, 0.1) is 0 Å². The van der Waals surface area contributed by atoms with E-state index < -0.39 is 0 Å². The molecule has 4 heteroatoms. The molecule has 0 fully saturated rings. The van der Waals surface area contributed by atoms with Crippen LogP contribution in [-0.4, -0.2) is 12.9 Å². The largest absolute Gasteiger partial charge is 0.310 e. The number of benzene rings is 9. The summed E-state index contributed by atoms with van der Waals surface area (Å²) in [5.74, 6) is 0.877. The number of hydrogen-bond donors (Lipinski definition) is 0. The molecule has 0 amide bonds. The van der Waals surface area contributed by atoms with Crippen molar-refractivity contribution in [2.75, 3.05) is 21.7 Å². The highest BCUT2D eigenvalue weighted by Gasteiger charge is 2.42. The molecule has 0 unspecified atom stereocenters. The number of fused-ring (bicyclic) bond motifs is 6. The third-order valence-corrected chi connectivity index (χ3v) is 13.8. The van der Waals surface area contributed by atoms with Gasteiger partial charge in [-0.1, -0.05) is 131 Å². The fourth-order valence-corrected chi connectivity index (χ4v) is 10.5. The molecule has 0 bridgehead atoms. The zero-order chi connectivity index (χ0) is 45.0. The molecule has 320 valence electrons. The molecule has 66 heavy (non-hydrogen) atoms. The SMILES string of the molecule is CN=C(c1ccc(N(c2ccccc2)c2ccc3c(c2)C(C)(C)c2cc4c(cc2-3)C(C)(C)c2cc(N(c3ccccc3)c3ccccc3)ccc2-4)cc1)N(c1ccccc1)c1ccccc1. The molecule has 2 aliphatic rings. The molecule has 0 spiro atoms. The van der Waals surface area contributed by atoms with E-state index >= 15 is 0 Å². The average molecular weight is 853 g/mol. The fraction of sp³-hybridized carbons (Fsp3) is 0.113. The van der Waals surface area contributed by atoms with Gasteiger partial charge in [0, 0.05) is 68.9 Å². The topological polar surface area (TPSA) is 22.1 Å². The standard InChI is InChI=1S/C62H52N4/c1-61(2)56-39-50(64(44-21-11-6-12-22-44)45-23-13-7-14-24-45)35-37-52(56)54-41-59-55(42-58(54)61)53-38-36-51(40-57(53)62(59,3)4)65(46-25-15-8-16-26-46)49-33-31-43(32-34-49)60(63-5)66(47-27-17-9-18-28-47)48-29-19-10-20-30-48/h6-42H,1-5H3. The van der Waals surface area contributed by atoms with Crippen LogP contribution >= 0.6 is 0 Å². The summed E-state index contributed by atoms with van der Waals surface area (Å²) in [6, 6.07) is 81.1. The van der Waals surface area contributed by atoms with Crippen molar-refractivity contribution >= 4 is 51.3 Å². The van der Waals surface area contributed by atoms with Crippen LogP contribution in [0.15, 0.2) is 229 Å². The first-order valence-corrected chi connectivity index (χ1v) is 22.9. The first-order chi connectivity index (χ1) is 32.2. The summed E-state index contributed by atoms with van der Waals surface area (Å²) in [5, 5.41) is 0. The van der Waals surface area contributed by atoms with E-state index in [0.29, 0.717) is 0 Å². The molecule has 0 aliphatic heterocycles. The lowest BCUT2D eigenvalue weighted by atomic mass is 9.79. The summed E-state index contributed by atoms with van der Waals surface area (Å²) in [5.41, 5.74) is 20.2. The van der Waals surface area contributed by atoms with E-state index in [9.17, 15) is 0 Å². The average Bonchev–Trinajstić information content (AvgIpc) is 3.72. The molecule has 9 aromatic carbocycles. The van der Waals surface area contributed by atoms with Crippen LogP contribution in [-0.2, 0) is 10.8 Å². The van der Waals surface area contributed by atoms with Crippen LogP contribution in [0.3, 0.4) is 0 Å². The lowest BCUT2D eigenvalue weighted by molar-refractivity contribution is 0.652. The van der Waals surface area contributed by atoms with Gasteiger partial charge in [0.2, 0.25) is 0 Å². The van der Waals surface area contributed by atoms with Gasteiger partial charge < -0.3 is 9.80 Å². The molecule has 2 aliphatic carbocycles. The molecule has 0 N–H and O–H groups in total. The van der Waals surface area contributed by atoms with E-state index in [1.165, 1.54) is 44.5 Å². The maximum Gasteiger partial charge on any atom is 0.139 e. The number of aliphatic imine (C=N–C) groups is 1. The van der Waals surface area contributed by atoms with Crippen molar-refractivity contribution in [2.45, 2.75) is 38.5 Å². The van der Waals surface area contributed by atoms with Crippen molar-refractivity contribution in [3.05, 3.63) is 252 Å².